The van der Waals surface area contributed by atoms with Gasteiger partial charge in [0.2, 0.25) is 5.95 Å². The average molecular weight is 710 g/mol. The molecule has 2 aliphatic heterocycles. The molecule has 6 rings (SSSR count). The van der Waals surface area contributed by atoms with Gasteiger partial charge in [0.15, 0.2) is 0 Å². The van der Waals surface area contributed by atoms with Crippen LogP contribution in [0.3, 0.4) is 0 Å². The van der Waals surface area contributed by atoms with Gasteiger partial charge in [-0.15, -0.1) is 11.3 Å². The predicted molar refractivity (Wildman–Crippen MR) is 163 cm³/mol. The van der Waals surface area contributed by atoms with Crippen LogP contribution in [0, 0.1) is 13.8 Å². The lowest BCUT2D eigenvalue weighted by Crippen LogP contribution is -2.49. The highest BCUT2D eigenvalue weighted by molar-refractivity contribution is 7.18. The van der Waals surface area contributed by atoms with Gasteiger partial charge in [0, 0.05) is 17.3 Å². The monoisotopic (exact) mass is 709 g/mol. The van der Waals surface area contributed by atoms with E-state index in [-0.39, 0.29) is 42.9 Å². The third kappa shape index (κ3) is 6.63. The highest BCUT2D eigenvalue weighted by Gasteiger charge is 2.44. The maximum absolute atomic E-state index is 13.7. The van der Waals surface area contributed by atoms with Crippen molar-refractivity contribution in [2.24, 2.45) is 0 Å². The Kier molecular flexibility index (Phi) is 8.53. The third-order valence-corrected chi connectivity index (χ3v) is 9.59. The van der Waals surface area contributed by atoms with Gasteiger partial charge < -0.3 is 14.7 Å². The molecule has 4 aromatic rings. The van der Waals surface area contributed by atoms with Crippen molar-refractivity contribution in [2.45, 2.75) is 58.0 Å². The van der Waals surface area contributed by atoms with Crippen LogP contribution in [0.5, 0.6) is 0 Å². The minimum atomic E-state index is -5.09. The molecule has 0 saturated carbocycles. The van der Waals surface area contributed by atoms with Crippen LogP contribution in [0.1, 0.15) is 57.0 Å². The lowest BCUT2D eigenvalue weighted by Gasteiger charge is -2.34. The number of cyclic esters (lactones) is 1. The number of thiazole rings is 1. The summed E-state index contributed by atoms with van der Waals surface area (Å²) in [6.45, 7) is 4.70. The second-order valence-corrected chi connectivity index (χ2v) is 12.8. The second-order valence-electron chi connectivity index (χ2n) is 11.8. The molecule has 49 heavy (non-hydrogen) atoms. The molecule has 0 aliphatic carbocycles. The van der Waals surface area contributed by atoms with Gasteiger partial charge in [0.25, 0.3) is 0 Å². The van der Waals surface area contributed by atoms with Gasteiger partial charge in [-0.05, 0) is 62.2 Å². The predicted octanol–water partition coefficient (Wildman–Crippen LogP) is 7.86. The SMILES string of the molecule is Cc1cc(C(=O)O)ccc1-c1nc(C)c(-c2cnc(N3CC(F)C3)nc2CN2C(=O)O[C@H](c3cc(C(F)(F)F)cc(C(F)(F)F)c3)[C@@H]2C)s1. The molecule has 2 atom stereocenters. The number of amides is 1. The molecule has 1 amide bonds. The fourth-order valence-corrected chi connectivity index (χ4v) is 6.91. The number of nitrogens with zero attached hydrogens (tertiary/aromatic N) is 5. The zero-order valence-corrected chi connectivity index (χ0v) is 26.7. The van der Waals surface area contributed by atoms with Gasteiger partial charge in [-0.2, -0.15) is 26.3 Å². The smallest absolute Gasteiger partial charge is 0.416 e. The van der Waals surface area contributed by atoms with Crippen LogP contribution in [0.4, 0.5) is 41.5 Å². The van der Waals surface area contributed by atoms with Crippen LogP contribution in [0.2, 0.25) is 0 Å². The Morgan fingerprint density at radius 3 is 2.22 bits per heavy atom. The molecule has 2 saturated heterocycles. The normalized spacial score (nSPS) is 18.5. The van der Waals surface area contributed by atoms with E-state index in [1.54, 1.807) is 24.8 Å². The van der Waals surface area contributed by atoms with Crippen LogP contribution in [-0.2, 0) is 23.6 Å². The average Bonchev–Trinajstić information content (AvgIpc) is 3.52. The van der Waals surface area contributed by atoms with Gasteiger partial charge in [-0.1, -0.05) is 6.07 Å². The van der Waals surface area contributed by atoms with Crippen molar-refractivity contribution in [1.29, 1.82) is 0 Å². The van der Waals surface area contributed by atoms with Crippen LogP contribution in [0.15, 0.2) is 42.6 Å². The molecule has 4 heterocycles. The van der Waals surface area contributed by atoms with E-state index in [0.717, 1.165) is 4.90 Å². The molecule has 0 spiro atoms. The first kappa shape index (κ1) is 34.1. The van der Waals surface area contributed by atoms with Crippen molar-refractivity contribution in [3.05, 3.63) is 81.8 Å². The van der Waals surface area contributed by atoms with Gasteiger partial charge in [0.05, 0.1) is 58.6 Å². The number of ether oxygens (including phenoxy) is 1. The number of alkyl halides is 7. The number of carboxylic acids is 1. The molecule has 9 nitrogen and oxygen atoms in total. The largest absolute Gasteiger partial charge is 0.478 e. The minimum absolute atomic E-state index is 0.00280. The number of carboxylic acid groups (broad SMARTS) is 1. The second kappa shape index (κ2) is 12.3. The maximum Gasteiger partial charge on any atom is 0.416 e. The Labute approximate surface area is 278 Å². The molecule has 17 heteroatoms. The maximum atomic E-state index is 13.7. The van der Waals surface area contributed by atoms with Gasteiger partial charge >= 0.3 is 24.4 Å². The Hall–Kier alpha value is -4.80. The molecule has 2 aromatic carbocycles. The van der Waals surface area contributed by atoms with Crippen molar-refractivity contribution in [3.63, 3.8) is 0 Å². The first-order valence-corrected chi connectivity index (χ1v) is 15.6. The lowest BCUT2D eigenvalue weighted by atomic mass is 9.97. The number of rotatable bonds is 7. The minimum Gasteiger partial charge on any atom is -0.478 e. The fourth-order valence-electron chi connectivity index (χ4n) is 5.72. The number of anilines is 1. The summed E-state index contributed by atoms with van der Waals surface area (Å²) in [5.41, 5.74) is -0.866. The fraction of sp³-hybridized carbons (Fsp3) is 0.344. The van der Waals surface area contributed by atoms with Crippen molar-refractivity contribution in [3.8, 4) is 21.0 Å². The summed E-state index contributed by atoms with van der Waals surface area (Å²) in [6, 6.07) is 4.64. The van der Waals surface area contributed by atoms with Crippen LogP contribution in [0.25, 0.3) is 21.0 Å². The Morgan fingerprint density at radius 2 is 1.65 bits per heavy atom. The molecular weight excluding hydrogens is 683 g/mol. The molecule has 2 aromatic heterocycles. The molecule has 2 fully saturated rings. The number of aromatic nitrogens is 3. The molecular formula is C32H26F7N5O4S. The number of hydrogen-bond donors (Lipinski definition) is 1. The number of aryl methyl sites for hydroxylation is 2. The van der Waals surface area contributed by atoms with Gasteiger partial charge in [0.1, 0.15) is 17.3 Å². The summed E-state index contributed by atoms with van der Waals surface area (Å²) < 4.78 is 101. The Morgan fingerprint density at radius 1 is 1.00 bits per heavy atom. The first-order valence-electron chi connectivity index (χ1n) is 14.7. The molecule has 258 valence electrons. The summed E-state index contributed by atoms with van der Waals surface area (Å²) in [5, 5.41) is 9.90. The molecule has 0 bridgehead atoms. The number of carbonyl (C=O) groups excluding carboxylic acids is 1. The van der Waals surface area contributed by atoms with Crippen molar-refractivity contribution in [1.82, 2.24) is 19.9 Å². The molecule has 1 N–H and O–H groups in total. The highest BCUT2D eigenvalue weighted by Crippen LogP contribution is 2.43. The van der Waals surface area contributed by atoms with E-state index in [1.165, 1.54) is 36.6 Å². The zero-order valence-electron chi connectivity index (χ0n) is 25.9. The van der Waals surface area contributed by atoms with E-state index in [4.69, 9.17) is 4.74 Å². The molecule has 0 radical (unpaired) electrons. The number of aromatic carboxylic acids is 1. The van der Waals surface area contributed by atoms with E-state index >= 15 is 0 Å². The van der Waals surface area contributed by atoms with Crippen LogP contribution >= 0.6 is 11.3 Å². The summed E-state index contributed by atoms with van der Waals surface area (Å²) in [5.74, 6) is -0.917. The standard InChI is InChI=1S/C32H26F7N5O4S/c1-14-6-17(28(45)46)4-5-22(14)27-41-15(2)26(49-27)23-10-40-29(43-11-21(33)12-43)42-24(23)13-44-16(3)25(48-30(44)47)18-7-19(31(34,35)36)9-20(8-18)32(37,38)39/h4-10,16,21,25H,11-13H2,1-3H3,(H,45,46)/t16-,25-/m0/s1. The molecule has 0 unspecified atom stereocenters. The van der Waals surface area contributed by atoms with E-state index in [2.05, 4.69) is 15.0 Å². The first-order chi connectivity index (χ1) is 22.9. The van der Waals surface area contributed by atoms with Crippen molar-refractivity contribution >= 4 is 29.3 Å². The van der Waals surface area contributed by atoms with Gasteiger partial charge in [-0.25, -0.2) is 28.9 Å². The highest BCUT2D eigenvalue weighted by atomic mass is 32.1. The number of carbonyl (C=O) groups is 2. The van der Waals surface area contributed by atoms with Crippen LogP contribution < -0.4 is 4.90 Å². The summed E-state index contributed by atoms with van der Waals surface area (Å²) in [6.07, 6.45) is -12.2. The topological polar surface area (TPSA) is 109 Å². The van der Waals surface area contributed by atoms with E-state index in [9.17, 15) is 45.4 Å². The zero-order chi connectivity index (χ0) is 35.6. The number of hydrogen-bond acceptors (Lipinski definition) is 8. The number of benzene rings is 2. The summed E-state index contributed by atoms with van der Waals surface area (Å²) >= 11 is 1.25. The number of halogens is 7. The van der Waals surface area contributed by atoms with Crippen LogP contribution in [-0.4, -0.2) is 62.3 Å². The van der Waals surface area contributed by atoms with Crippen molar-refractivity contribution in [2.75, 3.05) is 18.0 Å². The Bertz CT molecular complexity index is 1930. The van der Waals surface area contributed by atoms with Gasteiger partial charge in [-0.3, -0.25) is 4.90 Å². The Balaban J connectivity index is 1.37. The van der Waals surface area contributed by atoms with Crippen molar-refractivity contribution < 1.29 is 50.2 Å². The van der Waals surface area contributed by atoms with E-state index in [1.807, 2.05) is 0 Å². The third-order valence-electron chi connectivity index (χ3n) is 8.37. The van der Waals surface area contributed by atoms with E-state index < -0.39 is 59.4 Å². The summed E-state index contributed by atoms with van der Waals surface area (Å²) in [4.78, 5) is 41.6. The van der Waals surface area contributed by atoms with E-state index in [0.29, 0.717) is 44.4 Å². The summed E-state index contributed by atoms with van der Waals surface area (Å²) in [7, 11) is 0. The quantitative estimate of drug-likeness (QED) is 0.193. The molecule has 2 aliphatic rings. The lowest BCUT2D eigenvalue weighted by molar-refractivity contribution is -0.143.